The standard InChI is InChI=1S/C26H27ClFN3O2/c1-26(2,16-29)17-31(25(33)18-7-4-3-5-8-18)15-20-14-22(11-12-23(20)27)30-24(32)19-9-6-10-21(28)13-19/h3-14H,15-17,29H2,1-2H3,(H,30,32). The second-order valence-electron chi connectivity index (χ2n) is 8.67. The summed E-state index contributed by atoms with van der Waals surface area (Å²) in [7, 11) is 0. The van der Waals surface area contributed by atoms with Crippen molar-refractivity contribution in [3.63, 3.8) is 0 Å². The Balaban J connectivity index is 1.86. The molecule has 0 atom stereocenters. The number of nitrogens with two attached hydrogens (primary N) is 1. The number of rotatable bonds is 8. The van der Waals surface area contributed by atoms with E-state index in [0.29, 0.717) is 34.9 Å². The van der Waals surface area contributed by atoms with Crippen LogP contribution in [0.1, 0.15) is 40.1 Å². The first-order valence-corrected chi connectivity index (χ1v) is 11.0. The van der Waals surface area contributed by atoms with Crippen LogP contribution in [-0.4, -0.2) is 29.8 Å². The van der Waals surface area contributed by atoms with Crippen LogP contribution in [-0.2, 0) is 6.54 Å². The third kappa shape index (κ3) is 6.63. The Morgan fingerprint density at radius 3 is 2.36 bits per heavy atom. The quantitative estimate of drug-likeness (QED) is 0.468. The first kappa shape index (κ1) is 24.4. The summed E-state index contributed by atoms with van der Waals surface area (Å²) in [5.74, 6) is -1.07. The highest BCUT2D eigenvalue weighted by molar-refractivity contribution is 6.31. The smallest absolute Gasteiger partial charge is 0.255 e. The zero-order valence-electron chi connectivity index (χ0n) is 18.6. The summed E-state index contributed by atoms with van der Waals surface area (Å²) in [6.45, 7) is 5.06. The zero-order chi connectivity index (χ0) is 24.0. The van der Waals surface area contributed by atoms with Gasteiger partial charge in [-0.25, -0.2) is 4.39 Å². The number of carbonyl (C=O) groups is 2. The first-order valence-electron chi connectivity index (χ1n) is 10.6. The van der Waals surface area contributed by atoms with Gasteiger partial charge in [-0.05, 0) is 66.1 Å². The highest BCUT2D eigenvalue weighted by Gasteiger charge is 2.25. The fourth-order valence-electron chi connectivity index (χ4n) is 3.36. The van der Waals surface area contributed by atoms with Gasteiger partial charge in [-0.1, -0.05) is 49.7 Å². The highest BCUT2D eigenvalue weighted by Crippen LogP contribution is 2.26. The molecule has 3 aromatic rings. The number of amides is 2. The van der Waals surface area contributed by atoms with Crippen molar-refractivity contribution in [1.82, 2.24) is 4.90 Å². The fraction of sp³-hybridized carbons (Fsp3) is 0.231. The molecule has 3 aromatic carbocycles. The van der Waals surface area contributed by atoms with Gasteiger partial charge in [0, 0.05) is 34.9 Å². The normalized spacial score (nSPS) is 11.2. The maximum absolute atomic E-state index is 13.5. The van der Waals surface area contributed by atoms with Crippen molar-refractivity contribution in [3.8, 4) is 0 Å². The van der Waals surface area contributed by atoms with E-state index in [1.807, 2.05) is 32.0 Å². The van der Waals surface area contributed by atoms with E-state index in [0.717, 1.165) is 0 Å². The zero-order valence-corrected chi connectivity index (χ0v) is 19.4. The van der Waals surface area contributed by atoms with Gasteiger partial charge in [-0.2, -0.15) is 0 Å². The molecule has 0 aliphatic carbocycles. The predicted molar refractivity (Wildman–Crippen MR) is 130 cm³/mol. The van der Waals surface area contributed by atoms with Crippen LogP contribution in [0.3, 0.4) is 0 Å². The maximum atomic E-state index is 13.5. The van der Waals surface area contributed by atoms with E-state index in [-0.39, 0.29) is 23.4 Å². The second-order valence-corrected chi connectivity index (χ2v) is 9.07. The fourth-order valence-corrected chi connectivity index (χ4v) is 3.53. The molecule has 3 rings (SSSR count). The number of anilines is 1. The van der Waals surface area contributed by atoms with Crippen LogP contribution >= 0.6 is 11.6 Å². The number of nitrogens with zero attached hydrogens (tertiary/aromatic N) is 1. The van der Waals surface area contributed by atoms with Gasteiger partial charge in [0.2, 0.25) is 0 Å². The first-order chi connectivity index (χ1) is 15.7. The summed E-state index contributed by atoms with van der Waals surface area (Å²) >= 11 is 6.45. The Hall–Kier alpha value is -3.22. The minimum atomic E-state index is -0.489. The Morgan fingerprint density at radius 2 is 1.70 bits per heavy atom. The minimum absolute atomic E-state index is 0.137. The summed E-state index contributed by atoms with van der Waals surface area (Å²) in [5, 5.41) is 3.23. The van der Waals surface area contributed by atoms with Gasteiger partial charge >= 0.3 is 0 Å². The van der Waals surface area contributed by atoms with Crippen molar-refractivity contribution in [1.29, 1.82) is 0 Å². The Morgan fingerprint density at radius 1 is 1.00 bits per heavy atom. The van der Waals surface area contributed by atoms with Crippen molar-refractivity contribution in [2.24, 2.45) is 11.1 Å². The number of benzene rings is 3. The molecule has 172 valence electrons. The van der Waals surface area contributed by atoms with E-state index in [1.165, 1.54) is 24.3 Å². The molecule has 3 N–H and O–H groups in total. The molecule has 0 bridgehead atoms. The number of carbonyl (C=O) groups excluding carboxylic acids is 2. The molecule has 0 saturated heterocycles. The molecule has 0 saturated carbocycles. The lowest BCUT2D eigenvalue weighted by Gasteiger charge is -2.32. The third-order valence-corrected chi connectivity index (χ3v) is 5.60. The molecule has 0 aromatic heterocycles. The van der Waals surface area contributed by atoms with E-state index in [2.05, 4.69) is 5.32 Å². The van der Waals surface area contributed by atoms with Crippen LogP contribution in [0.4, 0.5) is 10.1 Å². The Bertz CT molecular complexity index is 1140. The molecule has 0 aliphatic rings. The molecule has 2 amide bonds. The van der Waals surface area contributed by atoms with Gasteiger partial charge in [0.1, 0.15) is 5.82 Å². The molecule has 0 fully saturated rings. The number of nitrogens with one attached hydrogen (secondary N) is 1. The predicted octanol–water partition coefficient (Wildman–Crippen LogP) is 5.36. The van der Waals surface area contributed by atoms with E-state index in [9.17, 15) is 14.0 Å². The lowest BCUT2D eigenvalue weighted by Crippen LogP contribution is -2.41. The van der Waals surface area contributed by atoms with Crippen molar-refractivity contribution in [3.05, 3.63) is 100 Å². The molecule has 7 heteroatoms. The van der Waals surface area contributed by atoms with Crippen LogP contribution in [0.5, 0.6) is 0 Å². The van der Waals surface area contributed by atoms with E-state index in [1.54, 1.807) is 35.2 Å². The summed E-state index contributed by atoms with van der Waals surface area (Å²) < 4.78 is 13.5. The van der Waals surface area contributed by atoms with Gasteiger partial charge in [0.05, 0.1) is 0 Å². The van der Waals surface area contributed by atoms with E-state index in [4.69, 9.17) is 17.3 Å². The molecule has 0 unspecified atom stereocenters. The van der Waals surface area contributed by atoms with Crippen molar-refractivity contribution < 1.29 is 14.0 Å². The van der Waals surface area contributed by atoms with Crippen molar-refractivity contribution >= 4 is 29.1 Å². The van der Waals surface area contributed by atoms with Crippen LogP contribution in [0.15, 0.2) is 72.8 Å². The number of hydrogen-bond acceptors (Lipinski definition) is 3. The van der Waals surface area contributed by atoms with Crippen molar-refractivity contribution in [2.75, 3.05) is 18.4 Å². The molecule has 0 heterocycles. The van der Waals surface area contributed by atoms with Gasteiger partial charge in [0.15, 0.2) is 0 Å². The molecule has 33 heavy (non-hydrogen) atoms. The summed E-state index contributed by atoms with van der Waals surface area (Å²) in [6.07, 6.45) is 0. The van der Waals surface area contributed by atoms with Crippen LogP contribution < -0.4 is 11.1 Å². The molecule has 5 nitrogen and oxygen atoms in total. The lowest BCUT2D eigenvalue weighted by molar-refractivity contribution is 0.0673. The van der Waals surface area contributed by atoms with Crippen LogP contribution in [0.25, 0.3) is 0 Å². The molecule has 0 radical (unpaired) electrons. The number of halogens is 2. The monoisotopic (exact) mass is 467 g/mol. The maximum Gasteiger partial charge on any atom is 0.255 e. The van der Waals surface area contributed by atoms with Crippen molar-refractivity contribution in [2.45, 2.75) is 20.4 Å². The van der Waals surface area contributed by atoms with Gasteiger partial charge < -0.3 is 16.0 Å². The topological polar surface area (TPSA) is 75.4 Å². The molecular formula is C26H27ClFN3O2. The lowest BCUT2D eigenvalue weighted by atomic mass is 9.92. The largest absolute Gasteiger partial charge is 0.334 e. The molecule has 0 spiro atoms. The number of hydrogen-bond donors (Lipinski definition) is 2. The highest BCUT2D eigenvalue weighted by atomic mass is 35.5. The minimum Gasteiger partial charge on any atom is -0.334 e. The Kier molecular flexibility index (Phi) is 7.84. The van der Waals surface area contributed by atoms with Gasteiger partial charge in [-0.15, -0.1) is 0 Å². The second kappa shape index (κ2) is 10.6. The third-order valence-electron chi connectivity index (χ3n) is 5.23. The van der Waals surface area contributed by atoms with Gasteiger partial charge in [0.25, 0.3) is 11.8 Å². The summed E-state index contributed by atoms with van der Waals surface area (Å²) in [6, 6.07) is 19.5. The van der Waals surface area contributed by atoms with Gasteiger partial charge in [-0.3, -0.25) is 9.59 Å². The average Bonchev–Trinajstić information content (AvgIpc) is 2.80. The van der Waals surface area contributed by atoms with E-state index >= 15 is 0 Å². The van der Waals surface area contributed by atoms with Crippen LogP contribution in [0, 0.1) is 11.2 Å². The van der Waals surface area contributed by atoms with E-state index < -0.39 is 11.7 Å². The average molecular weight is 468 g/mol. The summed E-state index contributed by atoms with van der Waals surface area (Å²) in [5.41, 5.74) is 7.56. The summed E-state index contributed by atoms with van der Waals surface area (Å²) in [4.78, 5) is 27.5. The Labute approximate surface area is 198 Å². The SMILES string of the molecule is CC(C)(CN)CN(Cc1cc(NC(=O)c2cccc(F)c2)ccc1Cl)C(=O)c1ccccc1. The van der Waals surface area contributed by atoms with Crippen LogP contribution in [0.2, 0.25) is 5.02 Å². The molecular weight excluding hydrogens is 441 g/mol. The molecule has 0 aliphatic heterocycles.